The van der Waals surface area contributed by atoms with Crippen molar-refractivity contribution in [2.45, 2.75) is 0 Å². The molecule has 1 heterocycles. The lowest BCUT2D eigenvalue weighted by atomic mass is 10.1. The van der Waals surface area contributed by atoms with Gasteiger partial charge in [-0.2, -0.15) is 5.10 Å². The number of nitro groups is 1. The van der Waals surface area contributed by atoms with Gasteiger partial charge in [-0.15, -0.1) is 0 Å². The molecule has 0 spiro atoms. The number of nitro benzene ring substituents is 1. The molecule has 9 heteroatoms. The molecule has 1 aliphatic heterocycles. The Morgan fingerprint density at radius 3 is 2.79 bits per heavy atom. The monoisotopic (exact) mass is 384 g/mol. The second kappa shape index (κ2) is 8.96. The van der Waals surface area contributed by atoms with Gasteiger partial charge in [0.05, 0.1) is 31.5 Å². The maximum atomic E-state index is 12.1. The van der Waals surface area contributed by atoms with Crippen LogP contribution < -0.4 is 15.1 Å². The van der Waals surface area contributed by atoms with Crippen molar-refractivity contribution in [3.8, 4) is 5.75 Å². The van der Waals surface area contributed by atoms with Crippen molar-refractivity contribution in [2.75, 3.05) is 38.3 Å². The van der Waals surface area contributed by atoms with Crippen LogP contribution in [0.15, 0.2) is 47.6 Å². The van der Waals surface area contributed by atoms with E-state index < -0.39 is 10.8 Å². The Labute approximate surface area is 161 Å². The minimum atomic E-state index is -0.420. The molecular formula is C19H20N4O5. The molecule has 0 radical (unpaired) electrons. The van der Waals surface area contributed by atoms with Crippen LogP contribution in [-0.2, 0) is 4.74 Å². The fourth-order valence-corrected chi connectivity index (χ4v) is 2.83. The zero-order chi connectivity index (χ0) is 19.9. The lowest BCUT2D eigenvalue weighted by molar-refractivity contribution is -0.384. The number of morpholine rings is 1. The number of ether oxygens (including phenoxy) is 2. The van der Waals surface area contributed by atoms with E-state index in [-0.39, 0.29) is 5.69 Å². The van der Waals surface area contributed by atoms with Gasteiger partial charge in [0.2, 0.25) is 0 Å². The zero-order valence-corrected chi connectivity index (χ0v) is 15.3. The molecule has 2 aromatic rings. The minimum Gasteiger partial charge on any atom is -0.497 e. The highest BCUT2D eigenvalue weighted by Gasteiger charge is 2.21. The largest absolute Gasteiger partial charge is 0.497 e. The van der Waals surface area contributed by atoms with E-state index in [0.29, 0.717) is 48.9 Å². The molecule has 1 saturated heterocycles. The number of hydrazone groups is 1. The second-order valence-electron chi connectivity index (χ2n) is 6.04. The summed E-state index contributed by atoms with van der Waals surface area (Å²) in [4.78, 5) is 25.1. The van der Waals surface area contributed by atoms with Gasteiger partial charge < -0.3 is 14.4 Å². The molecule has 1 aliphatic rings. The van der Waals surface area contributed by atoms with Crippen molar-refractivity contribution < 1.29 is 19.2 Å². The van der Waals surface area contributed by atoms with Gasteiger partial charge in [-0.05, 0) is 24.3 Å². The number of amides is 1. The summed E-state index contributed by atoms with van der Waals surface area (Å²) in [6.45, 7) is 2.28. The number of carbonyl (C=O) groups excluding carboxylic acids is 1. The summed E-state index contributed by atoms with van der Waals surface area (Å²) < 4.78 is 10.4. The number of benzene rings is 2. The topological polar surface area (TPSA) is 106 Å². The van der Waals surface area contributed by atoms with Gasteiger partial charge in [0, 0.05) is 30.3 Å². The fourth-order valence-electron chi connectivity index (χ4n) is 2.83. The molecule has 1 N–H and O–H groups in total. The van der Waals surface area contributed by atoms with Gasteiger partial charge in [-0.1, -0.05) is 12.1 Å². The van der Waals surface area contributed by atoms with E-state index in [1.165, 1.54) is 19.4 Å². The molecule has 0 unspecified atom stereocenters. The highest BCUT2D eigenvalue weighted by Crippen LogP contribution is 2.29. The summed E-state index contributed by atoms with van der Waals surface area (Å²) in [5.74, 6) is 0.153. The number of nitrogens with one attached hydrogen (secondary N) is 1. The molecule has 0 aromatic heterocycles. The van der Waals surface area contributed by atoms with Crippen LogP contribution in [0.25, 0.3) is 0 Å². The van der Waals surface area contributed by atoms with Crippen LogP contribution in [-0.4, -0.2) is 50.5 Å². The summed E-state index contributed by atoms with van der Waals surface area (Å²) in [5, 5.41) is 15.4. The maximum Gasteiger partial charge on any atom is 0.293 e. The van der Waals surface area contributed by atoms with Crippen molar-refractivity contribution in [3.63, 3.8) is 0 Å². The Kier molecular flexibility index (Phi) is 6.18. The van der Waals surface area contributed by atoms with Gasteiger partial charge in [-0.3, -0.25) is 14.9 Å². The first-order valence-corrected chi connectivity index (χ1v) is 8.67. The van der Waals surface area contributed by atoms with Crippen molar-refractivity contribution in [3.05, 3.63) is 63.7 Å². The lowest BCUT2D eigenvalue weighted by Gasteiger charge is -2.28. The van der Waals surface area contributed by atoms with Crippen molar-refractivity contribution in [1.82, 2.24) is 5.43 Å². The van der Waals surface area contributed by atoms with Crippen molar-refractivity contribution >= 4 is 23.5 Å². The standard InChI is InChI=1S/C19H20N4O5/c1-27-16-4-2-3-15(12-16)19(24)21-20-13-14-5-6-17(18(11-14)23(25)26)22-7-9-28-10-8-22/h2-6,11-13H,7-10H2,1H3,(H,21,24)/b20-13-. The average Bonchev–Trinajstić information content (AvgIpc) is 2.74. The molecule has 1 amide bonds. The van der Waals surface area contributed by atoms with Gasteiger partial charge in [0.15, 0.2) is 0 Å². The smallest absolute Gasteiger partial charge is 0.293 e. The molecule has 146 valence electrons. The highest BCUT2D eigenvalue weighted by atomic mass is 16.6. The lowest BCUT2D eigenvalue weighted by Crippen LogP contribution is -2.36. The van der Waals surface area contributed by atoms with E-state index in [0.717, 1.165) is 0 Å². The molecule has 1 fully saturated rings. The third-order valence-corrected chi connectivity index (χ3v) is 4.26. The maximum absolute atomic E-state index is 12.1. The Morgan fingerprint density at radius 2 is 2.07 bits per heavy atom. The van der Waals surface area contributed by atoms with E-state index in [9.17, 15) is 14.9 Å². The summed E-state index contributed by atoms with van der Waals surface area (Å²) in [6.07, 6.45) is 1.37. The predicted molar refractivity (Wildman–Crippen MR) is 104 cm³/mol. The van der Waals surface area contributed by atoms with Gasteiger partial charge in [0.1, 0.15) is 11.4 Å². The Morgan fingerprint density at radius 1 is 1.29 bits per heavy atom. The van der Waals surface area contributed by atoms with Crippen LogP contribution in [0.5, 0.6) is 5.75 Å². The normalized spacial score (nSPS) is 14.1. The number of carbonyl (C=O) groups is 1. The second-order valence-corrected chi connectivity index (χ2v) is 6.04. The summed E-state index contributed by atoms with van der Waals surface area (Å²) in [5.41, 5.74) is 3.84. The first-order chi connectivity index (χ1) is 13.6. The van der Waals surface area contributed by atoms with E-state index in [2.05, 4.69) is 10.5 Å². The van der Waals surface area contributed by atoms with Gasteiger partial charge >= 0.3 is 0 Å². The van der Waals surface area contributed by atoms with Crippen LogP contribution >= 0.6 is 0 Å². The van der Waals surface area contributed by atoms with E-state index in [1.807, 2.05) is 4.90 Å². The number of hydrogen-bond acceptors (Lipinski definition) is 7. The number of anilines is 1. The number of hydrogen-bond donors (Lipinski definition) is 1. The third kappa shape index (κ3) is 4.63. The zero-order valence-electron chi connectivity index (χ0n) is 15.3. The summed E-state index contributed by atoms with van der Waals surface area (Å²) in [6, 6.07) is 11.5. The molecule has 3 rings (SSSR count). The van der Waals surface area contributed by atoms with Crippen LogP contribution in [0.1, 0.15) is 15.9 Å². The van der Waals surface area contributed by atoms with Crippen LogP contribution in [0.2, 0.25) is 0 Å². The SMILES string of the molecule is COc1cccc(C(=O)N/N=C\c2ccc(N3CCOCC3)c([N+](=O)[O-])c2)c1. The van der Waals surface area contributed by atoms with Crippen molar-refractivity contribution in [2.24, 2.45) is 5.10 Å². The average molecular weight is 384 g/mol. The molecule has 28 heavy (non-hydrogen) atoms. The van der Waals surface area contributed by atoms with E-state index in [1.54, 1.807) is 36.4 Å². The first kappa shape index (κ1) is 19.3. The number of methoxy groups -OCH3 is 1. The Bertz CT molecular complexity index is 894. The minimum absolute atomic E-state index is 0.00928. The summed E-state index contributed by atoms with van der Waals surface area (Å²) >= 11 is 0. The van der Waals surface area contributed by atoms with Crippen LogP contribution in [0.4, 0.5) is 11.4 Å². The third-order valence-electron chi connectivity index (χ3n) is 4.26. The molecule has 2 aromatic carbocycles. The molecule has 9 nitrogen and oxygen atoms in total. The van der Waals surface area contributed by atoms with E-state index in [4.69, 9.17) is 9.47 Å². The predicted octanol–water partition coefficient (Wildman–Crippen LogP) is 2.20. The van der Waals surface area contributed by atoms with Crippen molar-refractivity contribution in [1.29, 1.82) is 0 Å². The first-order valence-electron chi connectivity index (χ1n) is 8.67. The number of nitrogens with zero attached hydrogens (tertiary/aromatic N) is 3. The highest BCUT2D eigenvalue weighted by molar-refractivity contribution is 5.95. The quantitative estimate of drug-likeness (QED) is 0.465. The summed E-state index contributed by atoms with van der Waals surface area (Å²) in [7, 11) is 1.52. The Balaban J connectivity index is 1.71. The Hall–Kier alpha value is -3.46. The van der Waals surface area contributed by atoms with E-state index >= 15 is 0 Å². The van der Waals surface area contributed by atoms with Crippen LogP contribution in [0.3, 0.4) is 0 Å². The van der Waals surface area contributed by atoms with Gasteiger partial charge in [-0.25, -0.2) is 5.43 Å². The molecule has 0 saturated carbocycles. The fraction of sp³-hybridized carbons (Fsp3) is 0.263. The van der Waals surface area contributed by atoms with Crippen LogP contribution in [0, 0.1) is 10.1 Å². The molecule has 0 aliphatic carbocycles. The molecule has 0 bridgehead atoms. The van der Waals surface area contributed by atoms with Gasteiger partial charge in [0.25, 0.3) is 11.6 Å². The molecule has 0 atom stereocenters. The molecular weight excluding hydrogens is 364 g/mol. The number of rotatable bonds is 6.